The molecule has 0 bridgehead atoms. The molecule has 17 valence electrons. The summed E-state index contributed by atoms with van der Waals surface area (Å²) in [6, 6.07) is 0. The van der Waals surface area contributed by atoms with Crippen molar-refractivity contribution >= 4 is 29.5 Å². The van der Waals surface area contributed by atoms with Crippen LogP contribution < -0.4 is 0 Å². The van der Waals surface area contributed by atoms with E-state index in [1.54, 1.807) is 0 Å². The van der Waals surface area contributed by atoms with Gasteiger partial charge in [0.2, 0.25) is 0 Å². The van der Waals surface area contributed by atoms with Crippen LogP contribution in [0.5, 0.6) is 0 Å². The van der Waals surface area contributed by atoms with Gasteiger partial charge >= 0.3 is 0 Å². The third-order valence-corrected chi connectivity index (χ3v) is 1.73. The van der Waals surface area contributed by atoms with Crippen molar-refractivity contribution in [2.24, 2.45) is 0 Å². The molecule has 0 aliphatic carbocycles. The van der Waals surface area contributed by atoms with Gasteiger partial charge < -0.3 is 0 Å². The van der Waals surface area contributed by atoms with Crippen molar-refractivity contribution in [2.75, 3.05) is 0 Å². The lowest BCUT2D eigenvalue weighted by molar-refractivity contribution is 3.72. The van der Waals surface area contributed by atoms with E-state index in [0.717, 1.165) is 8.74 Å². The van der Waals surface area contributed by atoms with E-state index in [4.69, 9.17) is 0 Å². The zero-order valence-corrected chi connectivity index (χ0v) is 4.08. The lowest BCUT2D eigenvalue weighted by Gasteiger charge is -1.45. The molecule has 0 atom stereocenters. The topological polar surface area (TPSA) is 0 Å². The van der Waals surface area contributed by atoms with Crippen LogP contribution >= 0.6 is 0 Å². The van der Waals surface area contributed by atoms with E-state index in [0.29, 0.717) is 0 Å². The maximum atomic E-state index is 3.30. The zero-order valence-electron chi connectivity index (χ0n) is 2.08. The highest BCUT2D eigenvalue weighted by molar-refractivity contribution is 7.14. The first kappa shape index (κ1) is 2.41. The van der Waals surface area contributed by atoms with Crippen molar-refractivity contribution in [2.45, 2.75) is 0 Å². The van der Waals surface area contributed by atoms with Gasteiger partial charge in [0.25, 0.3) is 0 Å². The monoisotopic (exact) mass is 81.0 g/mol. The molecule has 1 rings (SSSR count). The van der Waals surface area contributed by atoms with E-state index < -0.39 is 0 Å². The summed E-state index contributed by atoms with van der Waals surface area (Å²) in [7, 11) is 4.31. The summed E-state index contributed by atoms with van der Waals surface area (Å²) in [5.74, 6) is 0. The Morgan fingerprint density at radius 1 is 2.00 bits per heavy atom. The van der Waals surface area contributed by atoms with E-state index >= 15 is 0 Å². The third-order valence-electron chi connectivity index (χ3n) is 0.289. The van der Waals surface area contributed by atoms with E-state index in [9.17, 15) is 0 Å². The van der Waals surface area contributed by atoms with Gasteiger partial charge in [-0.2, -0.15) is 0 Å². The molecule has 0 aromatic heterocycles. The summed E-state index contributed by atoms with van der Waals surface area (Å²) in [6.45, 7) is 0. The average Bonchev–Trinajstić information content (AvgIpc) is 1.75. The van der Waals surface area contributed by atoms with Gasteiger partial charge in [-0.1, -0.05) is 4.79 Å². The molecule has 2 heteroatoms. The SMILES string of the molecule is [Si]C1=[Si]=C1. The van der Waals surface area contributed by atoms with Crippen LogP contribution in [0.25, 0.3) is 0 Å². The molecule has 0 unspecified atom stereocenters. The molecule has 4 heavy (non-hydrogen) atoms. The summed E-state index contributed by atoms with van der Waals surface area (Å²) < 4.78 is 0. The van der Waals surface area contributed by atoms with Crippen LogP contribution in [0.2, 0.25) is 0 Å². The van der Waals surface area contributed by atoms with Crippen molar-refractivity contribution in [3.63, 3.8) is 0 Å². The molecule has 0 amide bonds. The molecule has 0 saturated heterocycles. The standard InChI is InChI=1S/C2HSi2/c3-2-1-4-2/h1H. The van der Waals surface area contributed by atoms with Crippen molar-refractivity contribution in [3.05, 3.63) is 0 Å². The highest BCUT2D eigenvalue weighted by Crippen LogP contribution is 1.53. The van der Waals surface area contributed by atoms with Crippen molar-refractivity contribution in [1.29, 1.82) is 0 Å². The Kier molecular flexibility index (Phi) is 0.338. The van der Waals surface area contributed by atoms with Crippen LogP contribution in [0.4, 0.5) is 0 Å². The fourth-order valence-electron chi connectivity index (χ4n) is 0.0361. The molecule has 0 spiro atoms. The van der Waals surface area contributed by atoms with Gasteiger partial charge in [0.05, 0.1) is 10.2 Å². The minimum Gasteiger partial charge on any atom is -0.0513 e. The summed E-state index contributed by atoms with van der Waals surface area (Å²) >= 11 is 0. The molecule has 0 N–H and O–H groups in total. The van der Waals surface area contributed by atoms with Crippen molar-refractivity contribution < 1.29 is 0 Å². The lowest BCUT2D eigenvalue weighted by Crippen LogP contribution is -1.74. The largest absolute Gasteiger partial charge is 0.0742 e. The van der Waals surface area contributed by atoms with Gasteiger partial charge in [-0.15, -0.1) is 0 Å². The molecule has 0 nitrogen and oxygen atoms in total. The normalized spacial score (nSPS) is 15.8. The minimum atomic E-state index is 1.01. The molecule has 0 aromatic carbocycles. The lowest BCUT2D eigenvalue weighted by atomic mass is 11.0. The van der Waals surface area contributed by atoms with E-state index in [-0.39, 0.29) is 0 Å². The van der Waals surface area contributed by atoms with Gasteiger partial charge in [0.1, 0.15) is 0 Å². The summed E-state index contributed by atoms with van der Waals surface area (Å²) in [5.41, 5.74) is 2.15. The van der Waals surface area contributed by atoms with Crippen LogP contribution in [0.3, 0.4) is 0 Å². The summed E-state index contributed by atoms with van der Waals surface area (Å²) in [4.78, 5) is 1.38. The van der Waals surface area contributed by atoms with E-state index in [1.807, 2.05) is 0 Å². The van der Waals surface area contributed by atoms with Gasteiger partial charge in [0.15, 0.2) is 0 Å². The number of hydrogen-bond donors (Lipinski definition) is 0. The molecule has 0 aromatic rings. The van der Waals surface area contributed by atoms with Crippen molar-refractivity contribution in [3.8, 4) is 0 Å². The quantitative estimate of drug-likeness (QED) is 0.321. The molecular weight excluding hydrogens is 80.2 g/mol. The summed E-state index contributed by atoms with van der Waals surface area (Å²) in [5, 5.41) is 0. The maximum Gasteiger partial charge on any atom is 0.0742 e. The third kappa shape index (κ3) is 0.297. The highest BCUT2D eigenvalue weighted by Gasteiger charge is 1.81. The highest BCUT2D eigenvalue weighted by atomic mass is 28.2. The van der Waals surface area contributed by atoms with Gasteiger partial charge in [-0.05, 0) is 14.4 Å². The predicted octanol–water partition coefficient (Wildman–Crippen LogP) is -1.20. The molecular formula is C2HSi2. The van der Waals surface area contributed by atoms with E-state index in [1.165, 1.54) is 4.79 Å². The Bertz CT molecular complexity index is 86.2. The average molecular weight is 81.2 g/mol. The first-order chi connectivity index (χ1) is 1.89. The summed E-state index contributed by atoms with van der Waals surface area (Å²) in [6.07, 6.45) is 0. The minimum absolute atomic E-state index is 1.01. The van der Waals surface area contributed by atoms with Crippen LogP contribution in [0.1, 0.15) is 0 Å². The van der Waals surface area contributed by atoms with Crippen LogP contribution in [-0.2, 0) is 0 Å². The second kappa shape index (κ2) is 0.560. The fourth-order valence-corrected chi connectivity index (χ4v) is 0.325. The van der Waals surface area contributed by atoms with Gasteiger partial charge in [0, 0.05) is 0 Å². The van der Waals surface area contributed by atoms with Crippen molar-refractivity contribution in [1.82, 2.24) is 0 Å². The molecule has 1 aliphatic rings. The van der Waals surface area contributed by atoms with Crippen LogP contribution in [-0.4, -0.2) is 29.5 Å². The number of hydrogen-bond acceptors (Lipinski definition) is 0. The molecule has 0 saturated carbocycles. The number of rotatable bonds is 0. The Hall–Kier alpha value is 0.174. The van der Waals surface area contributed by atoms with Crippen LogP contribution in [0, 0.1) is 0 Å². The molecule has 3 radical (unpaired) electrons. The van der Waals surface area contributed by atoms with E-state index in [2.05, 4.69) is 15.9 Å². The molecule has 1 heterocycles. The first-order valence-electron chi connectivity index (χ1n) is 1.08. The Morgan fingerprint density at radius 2 is 2.25 bits per heavy atom. The second-order valence-corrected chi connectivity index (χ2v) is 2.86. The Balaban J connectivity index is 2.75. The first-order valence-corrected chi connectivity index (χ1v) is 2.65. The van der Waals surface area contributed by atoms with Gasteiger partial charge in [-0.3, -0.25) is 0 Å². The van der Waals surface area contributed by atoms with Gasteiger partial charge in [-0.25, -0.2) is 0 Å². The molecule has 1 aliphatic heterocycles. The smallest absolute Gasteiger partial charge is 0.0513 e. The molecule has 0 fully saturated rings. The second-order valence-electron chi connectivity index (χ2n) is 0.702. The Labute approximate surface area is 30.3 Å². The Morgan fingerprint density at radius 3 is 2.25 bits per heavy atom. The van der Waals surface area contributed by atoms with Crippen LogP contribution in [0.15, 0.2) is 0 Å². The maximum absolute atomic E-state index is 3.30. The predicted molar refractivity (Wildman–Crippen MR) is 22.6 cm³/mol. The fraction of sp³-hybridized carbons (Fsp3) is 0. The zero-order chi connectivity index (χ0) is 2.99.